The molecule has 2 aromatic heterocycles. The molecule has 1 aliphatic rings. The van der Waals surface area contributed by atoms with Crippen LogP contribution < -0.4 is 59.1 Å². The molecule has 1 unspecified atom stereocenters. The number of rotatable bonds is 68. The van der Waals surface area contributed by atoms with E-state index >= 15 is 14.4 Å². The number of nitrogens with zero attached hydrogens (tertiary/aromatic N) is 3. The highest BCUT2D eigenvalue weighted by molar-refractivity contribution is 7.99. The number of carboxylic acid groups (broad SMARTS) is 4. The number of carbonyl (C=O) groups is 16. The number of Topliss-reactive ketones (excluding diaryl/α,β-unsaturated/α-hetero) is 4. The summed E-state index contributed by atoms with van der Waals surface area (Å²) in [7, 11) is 0. The third-order valence-corrected chi connectivity index (χ3v) is 24.7. The van der Waals surface area contributed by atoms with Crippen LogP contribution in [0.5, 0.6) is 0 Å². The fraction of sp³-hybridized carbons (Fsp3) is 0.551. The molecule has 0 saturated carbocycles. The Kier molecular flexibility index (Phi) is 49.2. The Morgan fingerprint density at radius 3 is 1.26 bits per heavy atom. The van der Waals surface area contributed by atoms with Crippen molar-refractivity contribution in [2.75, 3.05) is 74.3 Å². The van der Waals surface area contributed by atoms with E-state index in [-0.39, 0.29) is 53.0 Å². The molecule has 1 aliphatic carbocycles. The van der Waals surface area contributed by atoms with Crippen molar-refractivity contribution >= 4 is 141 Å². The zero-order valence-electron chi connectivity index (χ0n) is 76.1. The van der Waals surface area contributed by atoms with Crippen molar-refractivity contribution in [3.05, 3.63) is 112 Å². The van der Waals surface area contributed by atoms with E-state index in [1.807, 2.05) is 48.5 Å². The van der Waals surface area contributed by atoms with Crippen LogP contribution in [0.15, 0.2) is 83.8 Å². The Morgan fingerprint density at radius 2 is 0.830 bits per heavy atom. The number of H-pyrrole nitrogens is 1. The minimum absolute atomic E-state index is 0.000936. The van der Waals surface area contributed by atoms with Gasteiger partial charge in [-0.15, -0.1) is 0 Å². The summed E-state index contributed by atoms with van der Waals surface area (Å²) in [6.45, 7) is -6.77. The molecule has 31 N–H and O–H groups in total. The number of thiol groups is 1. The number of aromatic nitrogens is 4. The van der Waals surface area contributed by atoms with E-state index in [1.165, 1.54) is 42.2 Å². The standard InChI is InChI=1S/C89H122N14O36S2/c90-89-102-81-74(86(135)103-89)97-48(32-96-81)31-91-47-14-9-42(10-15-47)82(131)100-57(88(138)139)17-16-49(107)27-43(11-20-68(117)93-34-62(111)75(125)78(128)65(114)37-104)83(132)98-55(18-23-72(121)122)59(108)28-44(12-21-69(118)94-35-63(112)76(126)79(129)66(115)38-105)84(133)99-56(19-24-73(123)124)60(109)29-45(13-22-70(119)95-36-64(113)77(127)80(130)67(116)39-106)85(134)101-58(61(110)30-46(40-140)87(136)137)33-92-71(120)25-26-141-41-54-52-7-3-1-5-50(52)51-6-2-4-8-53(51)54/h1-10,14-15,32,43-46,54-58,62-67,75-80,91,104-106,111-116,125-130,140H,11-13,16-31,33-41H2,(H,92,120)(H,93,117)(H,94,118)(H,95,119)(H,98,132)(H,99,133)(H,100,131)(H,101,134)(H,121,122)(H,123,124)(H,136,137)(H,138,139)(H3,90,96,102,103,135)/t43-,44-,45-,46?,55+,56+,57+,58+,62+,63+,64+,65-,66-,67-,75-,76-,77-,78-,79-,80-/m1/s1. The number of carboxylic acids is 4. The summed E-state index contributed by atoms with van der Waals surface area (Å²) in [6, 6.07) is 13.1. The highest BCUT2D eigenvalue weighted by Crippen LogP contribution is 2.46. The number of aromatic amines is 1. The van der Waals surface area contributed by atoms with Gasteiger partial charge in [0.1, 0.15) is 72.8 Å². The number of benzene rings is 3. The van der Waals surface area contributed by atoms with Gasteiger partial charge >= 0.3 is 23.9 Å². The average Bonchev–Trinajstić information content (AvgIpc) is 1.61. The molecule has 8 amide bonds. The Balaban J connectivity index is 1.31. The van der Waals surface area contributed by atoms with Crippen molar-refractivity contribution in [3.8, 4) is 11.1 Å². The van der Waals surface area contributed by atoms with Gasteiger partial charge in [0.05, 0.1) is 74.6 Å². The van der Waals surface area contributed by atoms with E-state index in [2.05, 4.69) is 80.4 Å². The molecule has 0 radical (unpaired) electrons. The Hall–Kier alpha value is -12.1. The van der Waals surface area contributed by atoms with Crippen LogP contribution in [0.3, 0.4) is 0 Å². The SMILES string of the molecule is Nc1nc2ncc(CNc3ccc(C(=O)N[C@@H](CCC(=O)C[C@@H](CCC(=O)NC[C@H](O)[C@@H](O)[C@H](O)[C@H](O)CO)C(=O)N[C@@H](CCC(=O)O)C(=O)C[C@@H](CCC(=O)NC[C@H](O)[C@@H](O)[C@H](O)[C@H](O)CO)C(=O)N[C@@H](CCC(=O)O)C(=O)C[C@@H](CCC(=O)NC[C@H](O)[C@@H](O)[C@H](O)[C@H](O)CO)C(=O)N[C@@H](CNC(=O)CCSCC4c5ccccc5-c5ccccc54)C(=O)CC(CS)C(=O)O)C(=O)O)cc3)nc2c(=O)[nH]1. The van der Waals surface area contributed by atoms with Crippen molar-refractivity contribution in [2.45, 2.75) is 219 Å². The predicted octanol–water partition coefficient (Wildman–Crippen LogP) is -7.58. The van der Waals surface area contributed by atoms with Gasteiger partial charge in [0, 0.05) is 149 Å². The Bertz CT molecular complexity index is 5120. The van der Waals surface area contributed by atoms with Gasteiger partial charge in [0.2, 0.25) is 47.3 Å². The maximum Gasteiger partial charge on any atom is 0.326 e. The first-order valence-corrected chi connectivity index (χ1v) is 46.6. The molecule has 5 aromatic rings. The van der Waals surface area contributed by atoms with Crippen LogP contribution in [0, 0.1) is 23.7 Å². The number of fused-ring (bicyclic) bond motifs is 4. The lowest BCUT2D eigenvalue weighted by Gasteiger charge is -2.27. The van der Waals surface area contributed by atoms with E-state index in [0.29, 0.717) is 11.4 Å². The third kappa shape index (κ3) is 38.0. The molecule has 0 bridgehead atoms. The normalized spacial score (nSPS) is 16.1. The van der Waals surface area contributed by atoms with Crippen molar-refractivity contribution in [1.82, 2.24) is 62.5 Å². The number of thioether (sulfide) groups is 1. The van der Waals surface area contributed by atoms with Crippen LogP contribution in [0.4, 0.5) is 11.6 Å². The Labute approximate surface area is 813 Å². The van der Waals surface area contributed by atoms with Crippen molar-refractivity contribution in [3.63, 3.8) is 0 Å². The largest absolute Gasteiger partial charge is 0.481 e. The third-order valence-electron chi connectivity index (χ3n) is 23.2. The van der Waals surface area contributed by atoms with Gasteiger partial charge in [-0.25, -0.2) is 14.8 Å². The number of carbonyl (C=O) groups excluding carboxylic acids is 12. The summed E-state index contributed by atoms with van der Waals surface area (Å²) in [5, 5.41) is 213. The number of aliphatic carboxylic acids is 4. The molecule has 0 spiro atoms. The highest BCUT2D eigenvalue weighted by atomic mass is 32.2. The summed E-state index contributed by atoms with van der Waals surface area (Å²) in [4.78, 5) is 248. The summed E-state index contributed by atoms with van der Waals surface area (Å²) >= 11 is 5.48. The monoisotopic (exact) mass is 2030 g/mol. The molecule has 50 nitrogen and oxygen atoms in total. The molecule has 141 heavy (non-hydrogen) atoms. The van der Waals surface area contributed by atoms with Crippen LogP contribution in [0.2, 0.25) is 0 Å². The van der Waals surface area contributed by atoms with Crippen molar-refractivity contribution in [1.29, 1.82) is 0 Å². The first kappa shape index (κ1) is 118. The molecule has 2 heterocycles. The number of ketones is 4. The van der Waals surface area contributed by atoms with Gasteiger partial charge < -0.3 is 151 Å². The van der Waals surface area contributed by atoms with E-state index in [0.717, 1.165) is 22.3 Å². The molecule has 20 atom stereocenters. The van der Waals surface area contributed by atoms with Crippen LogP contribution in [0.1, 0.15) is 142 Å². The number of anilines is 2. The van der Waals surface area contributed by atoms with Crippen LogP contribution in [-0.4, -0.2) is 372 Å². The number of nitrogens with one attached hydrogen (secondary N) is 10. The van der Waals surface area contributed by atoms with E-state index in [9.17, 15) is 164 Å². The Morgan fingerprint density at radius 1 is 0.433 bits per heavy atom. The fourth-order valence-corrected chi connectivity index (χ4v) is 16.2. The number of amides is 8. The summed E-state index contributed by atoms with van der Waals surface area (Å²) in [5.74, 6) is -27.3. The van der Waals surface area contributed by atoms with Crippen LogP contribution in [-0.2, 0) is 78.5 Å². The number of hydrogen-bond donors (Lipinski definition) is 31. The molecule has 776 valence electrons. The maximum atomic E-state index is 15.2. The topological polar surface area (TPSA) is 863 Å². The fourth-order valence-electron chi connectivity index (χ4n) is 14.8. The van der Waals surface area contributed by atoms with Crippen molar-refractivity contribution < 1.29 is 174 Å². The van der Waals surface area contributed by atoms with Gasteiger partial charge in [0.25, 0.3) is 11.5 Å². The zero-order valence-corrected chi connectivity index (χ0v) is 77.9. The zero-order chi connectivity index (χ0) is 105. The number of nitrogens with two attached hydrogens (primary N) is 1. The summed E-state index contributed by atoms with van der Waals surface area (Å²) in [5.41, 5.74) is 9.63. The molecular weight excluding hydrogens is 1910 g/mol. The van der Waals surface area contributed by atoms with Gasteiger partial charge in [-0.2, -0.15) is 29.4 Å². The minimum Gasteiger partial charge on any atom is -0.481 e. The number of hydrogen-bond acceptors (Lipinski definition) is 39. The number of nitrogen functional groups attached to an aromatic ring is 1. The molecule has 0 fully saturated rings. The summed E-state index contributed by atoms with van der Waals surface area (Å²) < 4.78 is 0. The predicted molar refractivity (Wildman–Crippen MR) is 496 cm³/mol. The van der Waals surface area contributed by atoms with E-state index in [1.54, 1.807) is 0 Å². The number of aliphatic hydroxyl groups excluding tert-OH is 15. The van der Waals surface area contributed by atoms with Crippen LogP contribution in [0.25, 0.3) is 22.3 Å². The second-order valence-corrected chi connectivity index (χ2v) is 35.2. The molecule has 3 aromatic carbocycles. The van der Waals surface area contributed by atoms with Gasteiger partial charge in [-0.05, 0) is 85.0 Å². The van der Waals surface area contributed by atoms with Gasteiger partial charge in [0.15, 0.2) is 28.5 Å². The van der Waals surface area contributed by atoms with Gasteiger partial charge in [-0.3, -0.25) is 81.7 Å². The van der Waals surface area contributed by atoms with E-state index in [4.69, 9.17) is 5.73 Å². The molecule has 0 aliphatic heterocycles. The van der Waals surface area contributed by atoms with Gasteiger partial charge in [-0.1, -0.05) is 48.5 Å². The average molecular weight is 2030 g/mol. The molecular formula is C89H122N14O36S2. The van der Waals surface area contributed by atoms with E-state index < -0.39 is 375 Å². The maximum absolute atomic E-state index is 15.2. The molecule has 0 saturated heterocycles. The van der Waals surface area contributed by atoms with Crippen molar-refractivity contribution in [2.24, 2.45) is 23.7 Å². The number of aliphatic hydroxyl groups is 15. The first-order valence-electron chi connectivity index (χ1n) is 44.8. The lowest BCUT2D eigenvalue weighted by molar-refractivity contribution is -0.143. The highest BCUT2D eigenvalue weighted by Gasteiger charge is 2.40. The first-order chi connectivity index (χ1) is 66.8. The minimum atomic E-state index is -2.25. The quantitative estimate of drug-likeness (QED) is 0.0127. The summed E-state index contributed by atoms with van der Waals surface area (Å²) in [6.07, 6.45) is -38.8. The lowest BCUT2D eigenvalue weighted by Crippen LogP contribution is -2.52. The molecule has 52 heteroatoms. The lowest BCUT2D eigenvalue weighted by atomic mass is 9.88. The smallest absolute Gasteiger partial charge is 0.326 e. The second-order valence-electron chi connectivity index (χ2n) is 33.7. The second kappa shape index (κ2) is 59.0. The van der Waals surface area contributed by atoms with Crippen LogP contribution >= 0.6 is 24.4 Å². The molecule has 6 rings (SSSR count).